The third-order valence-corrected chi connectivity index (χ3v) is 0. The van der Waals surface area contributed by atoms with Crippen molar-refractivity contribution in [3.05, 3.63) is 19.6 Å². The first-order chi connectivity index (χ1) is 3.15. The van der Waals surface area contributed by atoms with Gasteiger partial charge in [-0.15, -0.1) is 0 Å². The molecule has 0 atom stereocenters. The Bertz CT molecular complexity index is 61.1. The van der Waals surface area contributed by atoms with Gasteiger partial charge in [0, 0.05) is 0 Å². The van der Waals surface area contributed by atoms with Gasteiger partial charge in [0.15, 0.2) is 0 Å². The van der Waals surface area contributed by atoms with Crippen LogP contribution in [0.2, 0.25) is 0 Å². The molecule has 0 aromatic carbocycles. The minimum absolute atomic E-state index is 0. The maximum atomic E-state index is 9.17. The van der Waals surface area contributed by atoms with Gasteiger partial charge in [-0.1, -0.05) is 25.3 Å². The summed E-state index contributed by atoms with van der Waals surface area (Å²) in [5.74, 6) is 0. The molecule has 4 heteroatoms. The van der Waals surface area contributed by atoms with E-state index in [0.717, 1.165) is 0 Å². The molecule has 0 radical (unpaired) electrons. The average molecular weight is 174 g/mol. The average Bonchev–Trinajstić information content (AvgIpc) is 1.33. The third-order valence-electron chi connectivity index (χ3n) is 0. The zero-order chi connectivity index (χ0) is 6.28. The fourth-order valence-electron chi connectivity index (χ4n) is 0. The Morgan fingerprint density at radius 2 is 1.62 bits per heavy atom. The van der Waals surface area contributed by atoms with Crippen molar-refractivity contribution in [2.24, 2.45) is 0 Å². The van der Waals surface area contributed by atoms with Gasteiger partial charge in [0.05, 0.1) is 0 Å². The van der Waals surface area contributed by atoms with Crippen LogP contribution >= 0.6 is 25.3 Å². The van der Waals surface area contributed by atoms with E-state index in [1.807, 2.05) is 0 Å². The van der Waals surface area contributed by atoms with E-state index >= 15 is 0 Å². The molecule has 0 fully saturated rings. The first-order valence-corrected chi connectivity index (χ1v) is 2.36. The first-order valence-electron chi connectivity index (χ1n) is 1.47. The summed E-state index contributed by atoms with van der Waals surface area (Å²) < 4.78 is -0.444. The number of carbonyl (C=O) groups excluding carboxylic acids is 1. The Morgan fingerprint density at radius 3 is 1.62 bits per heavy atom. The molecule has 0 bridgehead atoms. The van der Waals surface area contributed by atoms with Crippen LogP contribution in [0.5, 0.6) is 0 Å². The molecule has 0 saturated carbocycles. The Morgan fingerprint density at radius 1 is 1.62 bits per heavy atom. The van der Waals surface area contributed by atoms with E-state index in [0.29, 0.717) is 0 Å². The van der Waals surface area contributed by atoms with Gasteiger partial charge in [-0.05, 0) is 0 Å². The van der Waals surface area contributed by atoms with Crippen molar-refractivity contribution in [1.82, 2.24) is 0 Å². The van der Waals surface area contributed by atoms with Crippen LogP contribution in [-0.2, 0) is 0 Å². The molecule has 8 heavy (non-hydrogen) atoms. The molecule has 0 aromatic rings. The van der Waals surface area contributed by atoms with Crippen molar-refractivity contribution < 1.29 is 56.2 Å². The Hall–Kier alpha value is 1.62. The second-order valence-electron chi connectivity index (χ2n) is 0.571. The van der Waals surface area contributed by atoms with Gasteiger partial charge in [0.1, 0.15) is 0 Å². The summed E-state index contributed by atoms with van der Waals surface area (Å²) in [6.07, 6.45) is 1.50. The van der Waals surface area contributed by atoms with Gasteiger partial charge >= 0.3 is 51.4 Å². The largest absolute Gasteiger partial charge is 1.00 e. The minimum Gasteiger partial charge on any atom is -0.275 e. The number of hydrogen-bond acceptors (Lipinski definition) is 1. The van der Waals surface area contributed by atoms with Crippen molar-refractivity contribution in [3.63, 3.8) is 0 Å². The Labute approximate surface area is 104 Å². The number of allylic oxidation sites excluding steroid dienone is 1. The van der Waals surface area contributed by atoms with E-state index in [1.54, 1.807) is 0 Å². The van der Waals surface area contributed by atoms with Gasteiger partial charge in [-0.25, -0.2) is 19.6 Å². The summed E-state index contributed by atoms with van der Waals surface area (Å²) in [4.78, 5) is 9.17. The van der Waals surface area contributed by atoms with E-state index < -0.39 is 4.45 Å². The Kier molecular flexibility index (Phi) is 32.3. The number of thiol groups is 2. The van der Waals surface area contributed by atoms with Crippen LogP contribution in [0.25, 0.3) is 0 Å². The second kappa shape index (κ2) is 15.8. The standard InChI is InChI=1S/C3H5.CH2OS2.K/c1-3-2;2-1(3)4;/h3H,1-2H2;(H2,2,3,4);/q-1;;+1. The third kappa shape index (κ3) is 128. The molecule has 0 aliphatic heterocycles. The zero-order valence-electron chi connectivity index (χ0n) is 4.79. The van der Waals surface area contributed by atoms with Crippen molar-refractivity contribution in [2.75, 3.05) is 0 Å². The van der Waals surface area contributed by atoms with Crippen LogP contribution in [0.1, 0.15) is 0 Å². The van der Waals surface area contributed by atoms with E-state index in [1.165, 1.54) is 6.08 Å². The molecule has 0 heterocycles. The summed E-state index contributed by atoms with van der Waals surface area (Å²) in [5, 5.41) is 0. The van der Waals surface area contributed by atoms with Crippen molar-refractivity contribution >= 4 is 29.7 Å². The number of carbonyl (C=O) groups is 1. The molecule has 0 saturated heterocycles. The van der Waals surface area contributed by atoms with Crippen LogP contribution < -0.4 is 51.4 Å². The van der Waals surface area contributed by atoms with E-state index in [2.05, 4.69) is 38.8 Å². The van der Waals surface area contributed by atoms with Crippen molar-refractivity contribution in [2.45, 2.75) is 0 Å². The van der Waals surface area contributed by atoms with Gasteiger partial charge < -0.3 is 0 Å². The number of rotatable bonds is 0. The van der Waals surface area contributed by atoms with Gasteiger partial charge in [0.2, 0.25) is 4.45 Å². The maximum Gasteiger partial charge on any atom is 1.00 e. The molecule has 1 nitrogen and oxygen atoms in total. The predicted octanol–water partition coefficient (Wildman–Crippen LogP) is -1.02. The van der Waals surface area contributed by atoms with Crippen LogP contribution in [0.4, 0.5) is 4.79 Å². The summed E-state index contributed by atoms with van der Waals surface area (Å²) in [7, 11) is 0. The molecule has 0 unspecified atom stereocenters. The Balaban J connectivity index is -0.0000000575. The molecule has 0 aromatic heterocycles. The SMILES string of the molecule is C=C[CH2-].O=C(S)S.[K+]. The smallest absolute Gasteiger partial charge is 0.275 e. The van der Waals surface area contributed by atoms with Crippen molar-refractivity contribution in [1.29, 1.82) is 0 Å². The normalized spacial score (nSPS) is 4.75. The van der Waals surface area contributed by atoms with Crippen LogP contribution in [0.3, 0.4) is 0 Å². The van der Waals surface area contributed by atoms with Crippen LogP contribution in [0.15, 0.2) is 12.7 Å². The van der Waals surface area contributed by atoms with E-state index in [9.17, 15) is 4.79 Å². The molecule has 0 N–H and O–H groups in total. The quantitative estimate of drug-likeness (QED) is 0.273. The van der Waals surface area contributed by atoms with Gasteiger partial charge in [-0.3, -0.25) is 4.79 Å². The number of hydrogen-bond donors (Lipinski definition) is 2. The topological polar surface area (TPSA) is 17.1 Å². The summed E-state index contributed by atoms with van der Waals surface area (Å²) in [5.41, 5.74) is 0. The fraction of sp³-hybridized carbons (Fsp3) is 0. The van der Waals surface area contributed by atoms with Crippen LogP contribution in [-0.4, -0.2) is 4.45 Å². The first kappa shape index (κ1) is 16.3. The summed E-state index contributed by atoms with van der Waals surface area (Å²) >= 11 is 6.38. The van der Waals surface area contributed by atoms with E-state index in [4.69, 9.17) is 0 Å². The molecule has 0 aliphatic rings. The minimum atomic E-state index is -0.444. The summed E-state index contributed by atoms with van der Waals surface area (Å²) in [6, 6.07) is 0. The van der Waals surface area contributed by atoms with Gasteiger partial charge in [0.25, 0.3) is 0 Å². The summed E-state index contributed by atoms with van der Waals surface area (Å²) in [6.45, 7) is 6.50. The fourth-order valence-corrected chi connectivity index (χ4v) is 0. The molecule has 42 valence electrons. The maximum absolute atomic E-state index is 9.17. The van der Waals surface area contributed by atoms with Crippen LogP contribution in [0, 0.1) is 6.92 Å². The second-order valence-corrected chi connectivity index (χ2v) is 1.74. The van der Waals surface area contributed by atoms with E-state index in [-0.39, 0.29) is 51.4 Å². The zero-order valence-corrected chi connectivity index (χ0v) is 9.71. The van der Waals surface area contributed by atoms with Gasteiger partial charge in [-0.2, -0.15) is 0 Å². The van der Waals surface area contributed by atoms with Crippen molar-refractivity contribution in [3.8, 4) is 0 Å². The molecule has 0 amide bonds. The molecular formula is C4H7KOS2. The molecule has 0 rings (SSSR count). The molecule has 0 aliphatic carbocycles. The molecule has 0 spiro atoms. The molecular weight excluding hydrogens is 167 g/mol. The monoisotopic (exact) mass is 174 g/mol. The predicted molar refractivity (Wildman–Crippen MR) is 38.9 cm³/mol.